The maximum Gasteiger partial charge on any atom is 0.139 e. The van der Waals surface area contributed by atoms with Gasteiger partial charge in [-0.05, 0) is 30.7 Å². The molecule has 1 aromatic heterocycles. The summed E-state index contributed by atoms with van der Waals surface area (Å²) in [7, 11) is -1.22. The summed E-state index contributed by atoms with van der Waals surface area (Å²) >= 11 is 0. The molecule has 0 saturated heterocycles. The molecule has 1 unspecified atom stereocenters. The Kier molecular flexibility index (Phi) is 4.19. The Morgan fingerprint density at radius 2 is 2.06 bits per heavy atom. The number of hydrogen-bond acceptors (Lipinski definition) is 3. The lowest BCUT2D eigenvalue weighted by atomic mass is 10.4. The Balaban J connectivity index is 2.11. The number of rotatable bonds is 5. The second kappa shape index (κ2) is 5.86. The van der Waals surface area contributed by atoms with E-state index in [0.717, 1.165) is 13.0 Å². The zero-order chi connectivity index (χ0) is 13.0. The topological polar surface area (TPSA) is 47.8 Å². The average Bonchev–Trinajstić information content (AvgIpc) is 2.78. The van der Waals surface area contributed by atoms with Gasteiger partial charge in [-0.25, -0.2) is 14.1 Å². The fourth-order valence-electron chi connectivity index (χ4n) is 1.59. The Morgan fingerprint density at radius 1 is 1.33 bits per heavy atom. The molecule has 1 aromatic carbocycles. The van der Waals surface area contributed by atoms with Gasteiger partial charge in [-0.15, -0.1) is 0 Å². The Hall–Kier alpha value is -1.56. The third-order valence-corrected chi connectivity index (χ3v) is 3.79. The van der Waals surface area contributed by atoms with Gasteiger partial charge in [-0.2, -0.15) is 5.10 Å². The number of nitrogens with zero attached hydrogens (tertiary/aromatic N) is 3. The Labute approximate surface area is 107 Å². The van der Waals surface area contributed by atoms with Crippen molar-refractivity contribution in [3.8, 4) is 0 Å². The lowest BCUT2D eigenvalue weighted by Crippen LogP contribution is -2.08. The van der Waals surface area contributed by atoms with Crippen molar-refractivity contribution in [2.75, 3.05) is 0 Å². The van der Waals surface area contributed by atoms with Crippen molar-refractivity contribution >= 4 is 10.8 Å². The van der Waals surface area contributed by atoms with Crippen molar-refractivity contribution in [2.24, 2.45) is 0 Å². The molecule has 0 aliphatic heterocycles. The van der Waals surface area contributed by atoms with Crippen LogP contribution in [-0.2, 0) is 23.1 Å². The lowest BCUT2D eigenvalue weighted by Gasteiger charge is -2.04. The molecule has 4 nitrogen and oxygen atoms in total. The molecule has 0 aliphatic rings. The van der Waals surface area contributed by atoms with E-state index in [1.54, 1.807) is 4.68 Å². The molecular formula is C12H14FN3OS. The zero-order valence-corrected chi connectivity index (χ0v) is 10.9. The normalized spacial score (nSPS) is 12.6. The van der Waals surface area contributed by atoms with Gasteiger partial charge in [0.05, 0.1) is 16.6 Å². The summed E-state index contributed by atoms with van der Waals surface area (Å²) in [5.74, 6) is 0.662. The second-order valence-corrected chi connectivity index (χ2v) is 5.29. The average molecular weight is 267 g/mol. The highest BCUT2D eigenvalue weighted by atomic mass is 32.2. The predicted octanol–water partition coefficient (Wildman–Crippen LogP) is 2.13. The third-order valence-electron chi connectivity index (χ3n) is 2.47. The van der Waals surface area contributed by atoms with Crippen molar-refractivity contribution in [2.45, 2.75) is 30.5 Å². The summed E-state index contributed by atoms with van der Waals surface area (Å²) in [6.45, 7) is 2.80. The van der Waals surface area contributed by atoms with E-state index in [1.165, 1.54) is 30.6 Å². The molecule has 2 rings (SSSR count). The van der Waals surface area contributed by atoms with Gasteiger partial charge in [0.2, 0.25) is 0 Å². The quantitative estimate of drug-likeness (QED) is 0.834. The standard InChI is InChI=1S/C12H14FN3OS/c1-2-7-16-12(14-9-15-16)8-18(17)11-5-3-10(13)4-6-11/h3-6,9H,2,7-8H2,1H3. The molecule has 0 fully saturated rings. The van der Waals surface area contributed by atoms with Crippen LogP contribution in [0.15, 0.2) is 35.5 Å². The van der Waals surface area contributed by atoms with Crippen LogP contribution in [0.4, 0.5) is 4.39 Å². The molecule has 0 spiro atoms. The maximum absolute atomic E-state index is 12.8. The molecule has 0 radical (unpaired) electrons. The van der Waals surface area contributed by atoms with Crippen molar-refractivity contribution in [1.82, 2.24) is 14.8 Å². The van der Waals surface area contributed by atoms with E-state index >= 15 is 0 Å². The highest BCUT2D eigenvalue weighted by Gasteiger charge is 2.10. The summed E-state index contributed by atoms with van der Waals surface area (Å²) in [5, 5.41) is 4.08. The van der Waals surface area contributed by atoms with Gasteiger partial charge >= 0.3 is 0 Å². The van der Waals surface area contributed by atoms with Crippen LogP contribution in [0.3, 0.4) is 0 Å². The summed E-state index contributed by atoms with van der Waals surface area (Å²) in [5.41, 5.74) is 0. The van der Waals surface area contributed by atoms with E-state index in [-0.39, 0.29) is 5.82 Å². The molecule has 0 amide bonds. The van der Waals surface area contributed by atoms with Gasteiger partial charge in [0, 0.05) is 11.4 Å². The molecule has 18 heavy (non-hydrogen) atoms. The highest BCUT2D eigenvalue weighted by molar-refractivity contribution is 7.84. The number of halogens is 1. The minimum atomic E-state index is -1.22. The zero-order valence-electron chi connectivity index (χ0n) is 10.0. The van der Waals surface area contributed by atoms with Crippen molar-refractivity contribution in [3.05, 3.63) is 42.2 Å². The lowest BCUT2D eigenvalue weighted by molar-refractivity contribution is 0.579. The van der Waals surface area contributed by atoms with Crippen LogP contribution in [0.1, 0.15) is 19.2 Å². The number of hydrogen-bond donors (Lipinski definition) is 0. The largest absolute Gasteiger partial charge is 0.254 e. The van der Waals surface area contributed by atoms with Gasteiger partial charge < -0.3 is 0 Å². The number of aromatic nitrogens is 3. The first-order valence-corrected chi connectivity index (χ1v) is 7.03. The fourth-order valence-corrected chi connectivity index (χ4v) is 2.65. The summed E-state index contributed by atoms with van der Waals surface area (Å²) in [4.78, 5) is 4.70. The van der Waals surface area contributed by atoms with Gasteiger partial charge in [0.15, 0.2) is 0 Å². The van der Waals surface area contributed by atoms with Crippen LogP contribution in [0.5, 0.6) is 0 Å². The number of aryl methyl sites for hydroxylation is 1. The van der Waals surface area contributed by atoms with Gasteiger partial charge in [0.25, 0.3) is 0 Å². The Morgan fingerprint density at radius 3 is 2.72 bits per heavy atom. The molecule has 0 aliphatic carbocycles. The number of benzene rings is 1. The van der Waals surface area contributed by atoms with Crippen LogP contribution < -0.4 is 0 Å². The minimum absolute atomic E-state index is 0.297. The monoisotopic (exact) mass is 267 g/mol. The van der Waals surface area contributed by atoms with Gasteiger partial charge in [0.1, 0.15) is 18.0 Å². The molecule has 0 bridgehead atoms. The Bertz CT molecular complexity index is 539. The van der Waals surface area contributed by atoms with Crippen molar-refractivity contribution in [1.29, 1.82) is 0 Å². The smallest absolute Gasteiger partial charge is 0.139 e. The molecule has 0 N–H and O–H groups in total. The maximum atomic E-state index is 12.8. The fraction of sp³-hybridized carbons (Fsp3) is 0.333. The molecule has 2 aromatic rings. The van der Waals surface area contributed by atoms with E-state index in [0.29, 0.717) is 16.5 Å². The van der Waals surface area contributed by atoms with E-state index in [1.807, 2.05) is 6.92 Å². The van der Waals surface area contributed by atoms with Crippen molar-refractivity contribution in [3.63, 3.8) is 0 Å². The summed E-state index contributed by atoms with van der Waals surface area (Å²) in [6, 6.07) is 5.69. The van der Waals surface area contributed by atoms with Crippen LogP contribution in [0.2, 0.25) is 0 Å². The first-order valence-electron chi connectivity index (χ1n) is 5.71. The molecular weight excluding hydrogens is 253 g/mol. The van der Waals surface area contributed by atoms with E-state index in [9.17, 15) is 8.60 Å². The molecule has 6 heteroatoms. The van der Waals surface area contributed by atoms with Crippen LogP contribution in [-0.4, -0.2) is 19.0 Å². The highest BCUT2D eigenvalue weighted by Crippen LogP contribution is 2.12. The molecule has 0 saturated carbocycles. The van der Waals surface area contributed by atoms with E-state index in [2.05, 4.69) is 10.1 Å². The molecule has 1 heterocycles. The SMILES string of the molecule is CCCn1ncnc1CS(=O)c1ccc(F)cc1. The summed E-state index contributed by atoms with van der Waals surface area (Å²) in [6.07, 6.45) is 2.41. The molecule has 1 atom stereocenters. The molecule has 96 valence electrons. The first kappa shape index (κ1) is 12.9. The van der Waals surface area contributed by atoms with Crippen molar-refractivity contribution < 1.29 is 8.60 Å². The van der Waals surface area contributed by atoms with E-state index in [4.69, 9.17) is 0 Å². The minimum Gasteiger partial charge on any atom is -0.254 e. The second-order valence-electron chi connectivity index (χ2n) is 3.84. The first-order chi connectivity index (χ1) is 8.70. The van der Waals surface area contributed by atoms with Crippen LogP contribution in [0.25, 0.3) is 0 Å². The third kappa shape index (κ3) is 3.01. The summed E-state index contributed by atoms with van der Waals surface area (Å²) < 4.78 is 26.6. The van der Waals surface area contributed by atoms with Crippen LogP contribution >= 0.6 is 0 Å². The van der Waals surface area contributed by atoms with Crippen LogP contribution in [0, 0.1) is 5.82 Å². The predicted molar refractivity (Wildman–Crippen MR) is 66.8 cm³/mol. The van der Waals surface area contributed by atoms with Gasteiger partial charge in [-0.1, -0.05) is 6.92 Å². The van der Waals surface area contributed by atoms with Gasteiger partial charge in [-0.3, -0.25) is 4.21 Å². The van der Waals surface area contributed by atoms with E-state index < -0.39 is 10.8 Å².